The predicted octanol–water partition coefficient (Wildman–Crippen LogP) is 3.21. The van der Waals surface area contributed by atoms with Crippen molar-refractivity contribution in [2.24, 2.45) is 0 Å². The maximum Gasteiger partial charge on any atom is 0.243 e. The van der Waals surface area contributed by atoms with Gasteiger partial charge in [0.25, 0.3) is 0 Å². The van der Waals surface area contributed by atoms with Crippen molar-refractivity contribution >= 4 is 26.0 Å². The second-order valence-corrected chi connectivity index (χ2v) is 7.94. The highest BCUT2D eigenvalue weighted by molar-refractivity contribution is 9.10. The van der Waals surface area contributed by atoms with Crippen LogP contribution in [0.5, 0.6) is 0 Å². The maximum absolute atomic E-state index is 12.7. The van der Waals surface area contributed by atoms with Gasteiger partial charge in [-0.05, 0) is 29.8 Å². The van der Waals surface area contributed by atoms with E-state index in [1.807, 2.05) is 30.3 Å². The minimum absolute atomic E-state index is 0.246. The van der Waals surface area contributed by atoms with Crippen LogP contribution in [0.1, 0.15) is 11.7 Å². The molecule has 1 heterocycles. The molecule has 0 saturated carbocycles. The summed E-state index contributed by atoms with van der Waals surface area (Å²) in [5.74, 6) is 0. The Kier molecular flexibility index (Phi) is 4.63. The number of ether oxygens (including phenoxy) is 1. The zero-order valence-corrected chi connectivity index (χ0v) is 14.3. The summed E-state index contributed by atoms with van der Waals surface area (Å²) < 4.78 is 33.6. The molecule has 0 aliphatic carbocycles. The van der Waals surface area contributed by atoms with E-state index in [1.165, 1.54) is 4.31 Å². The molecule has 0 bridgehead atoms. The lowest BCUT2D eigenvalue weighted by molar-refractivity contribution is -0.00258. The van der Waals surface area contributed by atoms with Crippen molar-refractivity contribution in [3.05, 3.63) is 64.6 Å². The number of benzene rings is 2. The number of hydrogen-bond acceptors (Lipinski definition) is 3. The topological polar surface area (TPSA) is 46.6 Å². The molecule has 1 unspecified atom stereocenters. The quantitative estimate of drug-likeness (QED) is 0.819. The van der Waals surface area contributed by atoms with Crippen molar-refractivity contribution in [3.63, 3.8) is 0 Å². The third-order valence-electron chi connectivity index (χ3n) is 3.63. The molecule has 1 aliphatic rings. The molecule has 1 fully saturated rings. The van der Waals surface area contributed by atoms with Gasteiger partial charge in [0.1, 0.15) is 0 Å². The zero-order chi connectivity index (χ0) is 15.6. The fraction of sp³-hybridized carbons (Fsp3) is 0.250. The predicted molar refractivity (Wildman–Crippen MR) is 88.0 cm³/mol. The van der Waals surface area contributed by atoms with E-state index < -0.39 is 10.0 Å². The lowest BCUT2D eigenvalue weighted by Crippen LogP contribution is -2.42. The Balaban J connectivity index is 1.84. The average molecular weight is 382 g/mol. The number of rotatable bonds is 3. The molecule has 116 valence electrons. The van der Waals surface area contributed by atoms with Gasteiger partial charge in [-0.3, -0.25) is 0 Å². The molecule has 4 nitrogen and oxygen atoms in total. The van der Waals surface area contributed by atoms with Gasteiger partial charge < -0.3 is 4.74 Å². The maximum atomic E-state index is 12.7. The molecule has 1 atom stereocenters. The Bertz CT molecular complexity index is 749. The van der Waals surface area contributed by atoms with Crippen LogP contribution in [-0.4, -0.2) is 32.4 Å². The van der Waals surface area contributed by atoms with Crippen LogP contribution < -0.4 is 0 Å². The van der Waals surface area contributed by atoms with Crippen LogP contribution in [0.25, 0.3) is 0 Å². The second-order valence-electron chi connectivity index (χ2n) is 5.09. The van der Waals surface area contributed by atoms with Gasteiger partial charge >= 0.3 is 0 Å². The van der Waals surface area contributed by atoms with Crippen LogP contribution in [0, 0.1) is 0 Å². The normalized spacial score (nSPS) is 20.0. The van der Waals surface area contributed by atoms with E-state index in [9.17, 15) is 8.42 Å². The Hall–Kier alpha value is -1.21. The van der Waals surface area contributed by atoms with E-state index in [-0.39, 0.29) is 6.10 Å². The Morgan fingerprint density at radius 3 is 2.59 bits per heavy atom. The van der Waals surface area contributed by atoms with Gasteiger partial charge in [0, 0.05) is 17.6 Å². The van der Waals surface area contributed by atoms with Crippen molar-refractivity contribution in [1.29, 1.82) is 0 Å². The molecule has 0 radical (unpaired) electrons. The molecule has 3 rings (SSSR count). The third-order valence-corrected chi connectivity index (χ3v) is 6.00. The van der Waals surface area contributed by atoms with Crippen LogP contribution in [0.2, 0.25) is 0 Å². The SMILES string of the molecule is O=S(=O)(c1ccccc1)N1CCOC(c2cccc(Br)c2)C1. The van der Waals surface area contributed by atoms with Gasteiger partial charge in [-0.25, -0.2) is 8.42 Å². The van der Waals surface area contributed by atoms with Crippen LogP contribution in [0.3, 0.4) is 0 Å². The summed E-state index contributed by atoms with van der Waals surface area (Å²) in [6, 6.07) is 16.3. The van der Waals surface area contributed by atoms with Crippen molar-refractivity contribution in [2.45, 2.75) is 11.0 Å². The molecule has 1 aliphatic heterocycles. The van der Waals surface area contributed by atoms with Gasteiger partial charge in [-0.15, -0.1) is 0 Å². The zero-order valence-electron chi connectivity index (χ0n) is 11.9. The van der Waals surface area contributed by atoms with Crippen molar-refractivity contribution < 1.29 is 13.2 Å². The first-order chi connectivity index (χ1) is 10.6. The van der Waals surface area contributed by atoms with E-state index in [0.29, 0.717) is 24.6 Å². The van der Waals surface area contributed by atoms with Crippen molar-refractivity contribution in [2.75, 3.05) is 19.7 Å². The summed E-state index contributed by atoms with van der Waals surface area (Å²) in [4.78, 5) is 0.324. The van der Waals surface area contributed by atoms with E-state index in [4.69, 9.17) is 4.74 Å². The average Bonchev–Trinajstić information content (AvgIpc) is 2.56. The van der Waals surface area contributed by atoms with E-state index in [0.717, 1.165) is 10.0 Å². The summed E-state index contributed by atoms with van der Waals surface area (Å²) >= 11 is 3.43. The Morgan fingerprint density at radius 1 is 1.09 bits per heavy atom. The molecule has 6 heteroatoms. The van der Waals surface area contributed by atoms with Gasteiger partial charge in [0.2, 0.25) is 10.0 Å². The molecule has 1 saturated heterocycles. The van der Waals surface area contributed by atoms with E-state index in [2.05, 4.69) is 15.9 Å². The molecule has 0 spiro atoms. The first-order valence-electron chi connectivity index (χ1n) is 6.99. The highest BCUT2D eigenvalue weighted by Gasteiger charge is 2.31. The largest absolute Gasteiger partial charge is 0.371 e. The molecule has 2 aromatic carbocycles. The van der Waals surface area contributed by atoms with Gasteiger partial charge in [0.15, 0.2) is 0 Å². The minimum Gasteiger partial charge on any atom is -0.371 e. The first kappa shape index (κ1) is 15.7. The molecular weight excluding hydrogens is 366 g/mol. The summed E-state index contributed by atoms with van der Waals surface area (Å²) in [5.41, 5.74) is 0.974. The molecule has 0 N–H and O–H groups in total. The molecule has 2 aromatic rings. The number of morpholine rings is 1. The minimum atomic E-state index is -3.47. The lowest BCUT2D eigenvalue weighted by Gasteiger charge is -2.32. The molecular formula is C16H16BrNO3S. The van der Waals surface area contributed by atoms with E-state index in [1.54, 1.807) is 24.3 Å². The number of nitrogens with zero attached hydrogens (tertiary/aromatic N) is 1. The van der Waals surface area contributed by atoms with Gasteiger partial charge in [-0.2, -0.15) is 4.31 Å². The van der Waals surface area contributed by atoms with E-state index >= 15 is 0 Å². The number of hydrogen-bond donors (Lipinski definition) is 0. The van der Waals surface area contributed by atoms with Crippen LogP contribution in [-0.2, 0) is 14.8 Å². The Labute approximate surface area is 138 Å². The number of halogens is 1. The summed E-state index contributed by atoms with van der Waals surface area (Å²) in [6.07, 6.45) is -0.246. The highest BCUT2D eigenvalue weighted by atomic mass is 79.9. The van der Waals surface area contributed by atoms with Gasteiger partial charge in [-0.1, -0.05) is 46.3 Å². The fourth-order valence-corrected chi connectivity index (χ4v) is 4.36. The van der Waals surface area contributed by atoms with Crippen molar-refractivity contribution in [1.82, 2.24) is 4.31 Å². The summed E-state index contributed by atoms with van der Waals surface area (Å²) in [6.45, 7) is 1.10. The molecule has 0 aromatic heterocycles. The standard InChI is InChI=1S/C16H16BrNO3S/c17-14-6-4-5-13(11-14)16-12-18(9-10-21-16)22(19,20)15-7-2-1-3-8-15/h1-8,11,16H,9-10,12H2. The van der Waals surface area contributed by atoms with Crippen LogP contribution >= 0.6 is 15.9 Å². The highest BCUT2D eigenvalue weighted by Crippen LogP contribution is 2.27. The monoisotopic (exact) mass is 381 g/mol. The second kappa shape index (κ2) is 6.50. The fourth-order valence-electron chi connectivity index (χ4n) is 2.49. The van der Waals surface area contributed by atoms with Crippen molar-refractivity contribution in [3.8, 4) is 0 Å². The third kappa shape index (κ3) is 3.25. The molecule has 22 heavy (non-hydrogen) atoms. The first-order valence-corrected chi connectivity index (χ1v) is 9.23. The Morgan fingerprint density at radius 2 is 1.86 bits per heavy atom. The molecule has 0 amide bonds. The van der Waals surface area contributed by atoms with Crippen LogP contribution in [0.15, 0.2) is 64.0 Å². The lowest BCUT2D eigenvalue weighted by atomic mass is 10.1. The van der Waals surface area contributed by atoms with Gasteiger partial charge in [0.05, 0.1) is 17.6 Å². The number of sulfonamides is 1. The summed E-state index contributed by atoms with van der Waals surface area (Å²) in [5, 5.41) is 0. The van der Waals surface area contributed by atoms with Crippen LogP contribution in [0.4, 0.5) is 0 Å². The summed E-state index contributed by atoms with van der Waals surface area (Å²) in [7, 11) is -3.47. The smallest absolute Gasteiger partial charge is 0.243 e.